The number of aryl methyl sites for hydroxylation is 2. The maximum Gasteiger partial charge on any atom is 0.258 e. The molecule has 2 aromatic rings. The number of ether oxygens (including phenoxy) is 2. The van der Waals surface area contributed by atoms with Crippen LogP contribution >= 0.6 is 0 Å². The maximum atomic E-state index is 11.7. The number of rotatable bonds is 7. The van der Waals surface area contributed by atoms with Crippen LogP contribution in [0, 0.1) is 13.8 Å². The average molecular weight is 299 g/mol. The molecule has 0 radical (unpaired) electrons. The average Bonchev–Trinajstić information content (AvgIpc) is 2.51. The Labute approximate surface area is 131 Å². The number of hydrogen-bond acceptors (Lipinski definition) is 3. The van der Waals surface area contributed by atoms with Gasteiger partial charge < -0.3 is 14.8 Å². The predicted octanol–water partition coefficient (Wildman–Crippen LogP) is 2.88. The monoisotopic (exact) mass is 299 g/mol. The molecule has 0 aliphatic rings. The Morgan fingerprint density at radius 1 is 0.955 bits per heavy atom. The first-order valence-electron chi connectivity index (χ1n) is 7.29. The third-order valence-electron chi connectivity index (χ3n) is 3.07. The van der Waals surface area contributed by atoms with Gasteiger partial charge in [-0.3, -0.25) is 4.79 Å². The number of benzene rings is 2. The molecule has 4 nitrogen and oxygen atoms in total. The minimum Gasteiger partial charge on any atom is -0.492 e. The summed E-state index contributed by atoms with van der Waals surface area (Å²) in [5.74, 6) is 1.34. The van der Waals surface area contributed by atoms with E-state index < -0.39 is 0 Å². The molecule has 4 heteroatoms. The van der Waals surface area contributed by atoms with Crippen molar-refractivity contribution in [1.29, 1.82) is 0 Å². The van der Waals surface area contributed by atoms with Crippen LogP contribution < -0.4 is 14.8 Å². The second-order valence-corrected chi connectivity index (χ2v) is 5.12. The minimum atomic E-state index is -0.159. The van der Waals surface area contributed by atoms with Crippen LogP contribution in [0.15, 0.2) is 48.5 Å². The summed E-state index contributed by atoms with van der Waals surface area (Å²) in [5, 5.41) is 2.76. The summed E-state index contributed by atoms with van der Waals surface area (Å²) in [6.07, 6.45) is 0. The van der Waals surface area contributed by atoms with E-state index in [4.69, 9.17) is 9.47 Å². The molecule has 0 saturated carbocycles. The van der Waals surface area contributed by atoms with Gasteiger partial charge in [0.15, 0.2) is 6.61 Å². The van der Waals surface area contributed by atoms with Gasteiger partial charge >= 0.3 is 0 Å². The first-order valence-corrected chi connectivity index (χ1v) is 7.29. The zero-order valence-corrected chi connectivity index (χ0v) is 13.0. The molecule has 22 heavy (non-hydrogen) atoms. The van der Waals surface area contributed by atoms with Crippen molar-refractivity contribution in [2.24, 2.45) is 0 Å². The zero-order chi connectivity index (χ0) is 15.8. The molecule has 0 aromatic heterocycles. The van der Waals surface area contributed by atoms with Crippen LogP contribution in [0.2, 0.25) is 0 Å². The Balaban J connectivity index is 1.62. The molecule has 0 aliphatic heterocycles. The fourth-order valence-electron chi connectivity index (χ4n) is 1.90. The topological polar surface area (TPSA) is 47.6 Å². The van der Waals surface area contributed by atoms with Crippen LogP contribution in [0.4, 0.5) is 0 Å². The van der Waals surface area contributed by atoms with Gasteiger partial charge in [0, 0.05) is 0 Å². The highest BCUT2D eigenvalue weighted by atomic mass is 16.5. The Bertz CT molecular complexity index is 608. The molecule has 2 aromatic carbocycles. The van der Waals surface area contributed by atoms with Crippen LogP contribution in [0.5, 0.6) is 11.5 Å². The molecular weight excluding hydrogens is 278 g/mol. The second-order valence-electron chi connectivity index (χ2n) is 5.12. The Morgan fingerprint density at radius 3 is 2.45 bits per heavy atom. The van der Waals surface area contributed by atoms with Crippen molar-refractivity contribution in [2.45, 2.75) is 13.8 Å². The standard InChI is InChI=1S/C18H21NO3/c1-14-6-8-16(9-7-14)22-13-18(20)19-10-11-21-17-5-3-4-15(2)12-17/h3-9,12H,10-11,13H2,1-2H3,(H,19,20). The highest BCUT2D eigenvalue weighted by Gasteiger charge is 2.02. The van der Waals surface area contributed by atoms with E-state index in [9.17, 15) is 4.79 Å². The third kappa shape index (κ3) is 5.48. The van der Waals surface area contributed by atoms with E-state index in [2.05, 4.69) is 5.32 Å². The molecule has 1 N–H and O–H groups in total. The highest BCUT2D eigenvalue weighted by Crippen LogP contribution is 2.12. The first-order chi connectivity index (χ1) is 10.6. The summed E-state index contributed by atoms with van der Waals surface area (Å²) >= 11 is 0. The van der Waals surface area contributed by atoms with Crippen LogP contribution in [0.1, 0.15) is 11.1 Å². The summed E-state index contributed by atoms with van der Waals surface area (Å²) in [6, 6.07) is 15.4. The van der Waals surface area contributed by atoms with E-state index in [1.54, 1.807) is 0 Å². The van der Waals surface area contributed by atoms with Gasteiger partial charge in [0.2, 0.25) is 0 Å². The molecule has 0 spiro atoms. The Kier molecular flexibility index (Phi) is 5.83. The summed E-state index contributed by atoms with van der Waals surface area (Å²) in [6.45, 7) is 4.90. The Morgan fingerprint density at radius 2 is 1.73 bits per heavy atom. The number of hydrogen-bond donors (Lipinski definition) is 1. The summed E-state index contributed by atoms with van der Waals surface area (Å²) in [5.41, 5.74) is 2.30. The summed E-state index contributed by atoms with van der Waals surface area (Å²) < 4.78 is 11.0. The zero-order valence-electron chi connectivity index (χ0n) is 13.0. The van der Waals surface area contributed by atoms with Crippen molar-refractivity contribution in [3.63, 3.8) is 0 Å². The lowest BCUT2D eigenvalue weighted by atomic mass is 10.2. The van der Waals surface area contributed by atoms with E-state index in [0.29, 0.717) is 18.9 Å². The molecule has 0 bridgehead atoms. The van der Waals surface area contributed by atoms with Crippen molar-refractivity contribution in [3.05, 3.63) is 59.7 Å². The van der Waals surface area contributed by atoms with Gasteiger partial charge in [-0.05, 0) is 43.7 Å². The lowest BCUT2D eigenvalue weighted by Crippen LogP contribution is -2.32. The predicted molar refractivity (Wildman–Crippen MR) is 86.4 cm³/mol. The number of nitrogens with one attached hydrogen (secondary N) is 1. The normalized spacial score (nSPS) is 10.1. The maximum absolute atomic E-state index is 11.7. The minimum absolute atomic E-state index is 0.00745. The third-order valence-corrected chi connectivity index (χ3v) is 3.07. The molecule has 0 heterocycles. The molecule has 0 fully saturated rings. The van der Waals surface area contributed by atoms with Gasteiger partial charge in [-0.25, -0.2) is 0 Å². The molecule has 0 unspecified atom stereocenters. The van der Waals surface area contributed by atoms with Crippen molar-refractivity contribution >= 4 is 5.91 Å². The van der Waals surface area contributed by atoms with Crippen molar-refractivity contribution in [2.75, 3.05) is 19.8 Å². The molecule has 0 aliphatic carbocycles. The van der Waals surface area contributed by atoms with E-state index in [1.807, 2.05) is 62.4 Å². The molecular formula is C18H21NO3. The molecule has 0 atom stereocenters. The van der Waals surface area contributed by atoms with Gasteiger partial charge in [-0.2, -0.15) is 0 Å². The SMILES string of the molecule is Cc1ccc(OCC(=O)NCCOc2cccc(C)c2)cc1. The highest BCUT2D eigenvalue weighted by molar-refractivity contribution is 5.77. The fourth-order valence-corrected chi connectivity index (χ4v) is 1.90. The molecule has 2 rings (SSSR count). The number of carbonyl (C=O) groups excluding carboxylic acids is 1. The van der Waals surface area contributed by atoms with Crippen LogP contribution in [-0.4, -0.2) is 25.7 Å². The molecule has 1 amide bonds. The van der Waals surface area contributed by atoms with E-state index >= 15 is 0 Å². The number of carbonyl (C=O) groups is 1. The van der Waals surface area contributed by atoms with Crippen molar-refractivity contribution < 1.29 is 14.3 Å². The Hall–Kier alpha value is -2.49. The number of amides is 1. The largest absolute Gasteiger partial charge is 0.492 e. The molecule has 116 valence electrons. The summed E-state index contributed by atoms with van der Waals surface area (Å²) in [4.78, 5) is 11.7. The second kappa shape index (κ2) is 8.08. The van der Waals surface area contributed by atoms with Gasteiger partial charge in [0.05, 0.1) is 6.54 Å². The lowest BCUT2D eigenvalue weighted by Gasteiger charge is -2.09. The lowest BCUT2D eigenvalue weighted by molar-refractivity contribution is -0.123. The van der Waals surface area contributed by atoms with Crippen molar-refractivity contribution in [3.8, 4) is 11.5 Å². The smallest absolute Gasteiger partial charge is 0.258 e. The van der Waals surface area contributed by atoms with Crippen LogP contribution in [-0.2, 0) is 4.79 Å². The van der Waals surface area contributed by atoms with Crippen LogP contribution in [0.3, 0.4) is 0 Å². The van der Waals surface area contributed by atoms with Gasteiger partial charge in [-0.1, -0.05) is 29.8 Å². The van der Waals surface area contributed by atoms with E-state index in [1.165, 1.54) is 0 Å². The first kappa shape index (κ1) is 15.9. The van der Waals surface area contributed by atoms with E-state index in [-0.39, 0.29) is 12.5 Å². The van der Waals surface area contributed by atoms with Gasteiger partial charge in [0.1, 0.15) is 18.1 Å². The van der Waals surface area contributed by atoms with Crippen LogP contribution in [0.25, 0.3) is 0 Å². The summed E-state index contributed by atoms with van der Waals surface area (Å²) in [7, 11) is 0. The van der Waals surface area contributed by atoms with Crippen molar-refractivity contribution in [1.82, 2.24) is 5.32 Å². The quantitative estimate of drug-likeness (QED) is 0.800. The van der Waals surface area contributed by atoms with Gasteiger partial charge in [0.25, 0.3) is 5.91 Å². The van der Waals surface area contributed by atoms with E-state index in [0.717, 1.165) is 16.9 Å². The molecule has 0 saturated heterocycles. The fraction of sp³-hybridized carbons (Fsp3) is 0.278. The van der Waals surface area contributed by atoms with Gasteiger partial charge in [-0.15, -0.1) is 0 Å².